The van der Waals surface area contributed by atoms with Gasteiger partial charge in [-0.3, -0.25) is 4.79 Å². The molecule has 4 nitrogen and oxygen atoms in total. The molecule has 2 fully saturated rings. The fraction of sp³-hybridized carbons (Fsp3) is 0.917. The van der Waals surface area contributed by atoms with Gasteiger partial charge in [-0.15, -0.1) is 0 Å². The quantitative estimate of drug-likeness (QED) is 0.775. The summed E-state index contributed by atoms with van der Waals surface area (Å²) in [6.45, 7) is 2.76. The minimum absolute atomic E-state index is 0.103. The summed E-state index contributed by atoms with van der Waals surface area (Å²) in [6.07, 6.45) is 3.33. The lowest BCUT2D eigenvalue weighted by atomic mass is 9.82. The molecule has 1 aliphatic carbocycles. The summed E-state index contributed by atoms with van der Waals surface area (Å²) in [5.41, 5.74) is 0. The van der Waals surface area contributed by atoms with Gasteiger partial charge in [-0.2, -0.15) is 0 Å². The van der Waals surface area contributed by atoms with Gasteiger partial charge in [-0.1, -0.05) is 0 Å². The molecule has 4 heteroatoms. The molecule has 1 N–H and O–H groups in total. The van der Waals surface area contributed by atoms with Crippen molar-refractivity contribution in [3.8, 4) is 0 Å². The standard InChI is InChI=1S/C12H21NO3/c1-8-3-4-11(16-8)12(15)13(2)7-9-5-10(14)6-9/h8-11,14H,3-7H2,1-2H3. The third-order valence-corrected chi connectivity index (χ3v) is 3.63. The first kappa shape index (κ1) is 11.9. The predicted octanol–water partition coefficient (Wildman–Crippen LogP) is 0.783. The smallest absolute Gasteiger partial charge is 0.251 e. The van der Waals surface area contributed by atoms with Crippen LogP contribution in [0.3, 0.4) is 0 Å². The number of carbonyl (C=O) groups excluding carboxylic acids is 1. The fourth-order valence-electron chi connectivity index (χ4n) is 2.56. The van der Waals surface area contributed by atoms with Crippen LogP contribution in [0.4, 0.5) is 0 Å². The molecule has 1 saturated heterocycles. The monoisotopic (exact) mass is 227 g/mol. The molecule has 2 atom stereocenters. The molecule has 2 unspecified atom stereocenters. The van der Waals surface area contributed by atoms with E-state index in [1.165, 1.54) is 0 Å². The molecule has 16 heavy (non-hydrogen) atoms. The summed E-state index contributed by atoms with van der Waals surface area (Å²) in [6, 6.07) is 0. The summed E-state index contributed by atoms with van der Waals surface area (Å²) in [7, 11) is 1.83. The normalized spacial score (nSPS) is 38.2. The van der Waals surface area contributed by atoms with E-state index >= 15 is 0 Å². The Labute approximate surface area is 96.6 Å². The van der Waals surface area contributed by atoms with Crippen molar-refractivity contribution in [1.29, 1.82) is 0 Å². The molecule has 1 saturated carbocycles. The average Bonchev–Trinajstić information content (AvgIpc) is 2.61. The van der Waals surface area contributed by atoms with Crippen LogP contribution >= 0.6 is 0 Å². The van der Waals surface area contributed by atoms with Crippen molar-refractivity contribution in [3.63, 3.8) is 0 Å². The van der Waals surface area contributed by atoms with Crippen LogP contribution in [0, 0.1) is 5.92 Å². The van der Waals surface area contributed by atoms with Gasteiger partial charge in [0.05, 0.1) is 12.2 Å². The number of rotatable bonds is 3. The second kappa shape index (κ2) is 4.72. The zero-order valence-electron chi connectivity index (χ0n) is 10.1. The Hall–Kier alpha value is -0.610. The fourth-order valence-corrected chi connectivity index (χ4v) is 2.56. The van der Waals surface area contributed by atoms with E-state index in [0.29, 0.717) is 5.92 Å². The first-order chi connectivity index (χ1) is 7.56. The summed E-state index contributed by atoms with van der Waals surface area (Å²) in [5, 5.41) is 9.19. The minimum Gasteiger partial charge on any atom is -0.393 e. The van der Waals surface area contributed by atoms with Crippen molar-refractivity contribution in [2.45, 2.75) is 50.9 Å². The topological polar surface area (TPSA) is 49.8 Å². The number of carbonyl (C=O) groups is 1. The molecule has 1 aliphatic heterocycles. The zero-order valence-corrected chi connectivity index (χ0v) is 10.1. The van der Waals surface area contributed by atoms with Gasteiger partial charge < -0.3 is 14.7 Å². The highest BCUT2D eigenvalue weighted by molar-refractivity contribution is 5.80. The molecule has 2 aliphatic rings. The van der Waals surface area contributed by atoms with Crippen LogP contribution in [-0.4, -0.2) is 47.8 Å². The molecule has 0 radical (unpaired) electrons. The lowest BCUT2D eigenvalue weighted by Crippen LogP contribution is -2.43. The Bertz CT molecular complexity index is 263. The number of nitrogens with zero attached hydrogens (tertiary/aromatic N) is 1. The zero-order chi connectivity index (χ0) is 11.7. The molecular formula is C12H21NO3. The van der Waals surface area contributed by atoms with E-state index < -0.39 is 0 Å². The number of likely N-dealkylation sites (N-methyl/N-ethyl adjacent to an activating group) is 1. The van der Waals surface area contributed by atoms with Crippen molar-refractivity contribution in [2.75, 3.05) is 13.6 Å². The summed E-state index contributed by atoms with van der Waals surface area (Å²) in [4.78, 5) is 13.7. The molecule has 0 bridgehead atoms. The van der Waals surface area contributed by atoms with Crippen LogP contribution in [0.5, 0.6) is 0 Å². The van der Waals surface area contributed by atoms with E-state index in [9.17, 15) is 9.90 Å². The molecule has 92 valence electrons. The molecule has 0 aromatic heterocycles. The second-order valence-corrected chi connectivity index (χ2v) is 5.22. The molecule has 1 heterocycles. The van der Waals surface area contributed by atoms with Crippen molar-refractivity contribution in [2.24, 2.45) is 5.92 Å². The highest BCUT2D eigenvalue weighted by Gasteiger charge is 2.33. The number of hydrogen-bond acceptors (Lipinski definition) is 3. The van der Waals surface area contributed by atoms with Gasteiger partial charge in [0, 0.05) is 13.6 Å². The number of aliphatic hydroxyl groups excluding tert-OH is 1. The van der Waals surface area contributed by atoms with E-state index in [0.717, 1.165) is 32.2 Å². The van der Waals surface area contributed by atoms with E-state index in [2.05, 4.69) is 0 Å². The highest BCUT2D eigenvalue weighted by Crippen LogP contribution is 2.28. The highest BCUT2D eigenvalue weighted by atomic mass is 16.5. The second-order valence-electron chi connectivity index (χ2n) is 5.22. The maximum absolute atomic E-state index is 12.0. The third-order valence-electron chi connectivity index (χ3n) is 3.63. The van der Waals surface area contributed by atoms with E-state index in [4.69, 9.17) is 4.74 Å². The van der Waals surface area contributed by atoms with E-state index in [-0.39, 0.29) is 24.2 Å². The van der Waals surface area contributed by atoms with Crippen LogP contribution in [0.1, 0.15) is 32.6 Å². The number of amides is 1. The molecule has 1 amide bonds. The minimum atomic E-state index is -0.231. The molecule has 0 spiro atoms. The summed E-state index contributed by atoms with van der Waals surface area (Å²) in [5.74, 6) is 0.577. The van der Waals surface area contributed by atoms with Crippen molar-refractivity contribution in [1.82, 2.24) is 4.90 Å². The van der Waals surface area contributed by atoms with Crippen molar-refractivity contribution < 1.29 is 14.6 Å². The molecule has 0 aromatic carbocycles. The Morgan fingerprint density at radius 1 is 1.44 bits per heavy atom. The van der Waals surface area contributed by atoms with Gasteiger partial charge in [0.15, 0.2) is 0 Å². The first-order valence-corrected chi connectivity index (χ1v) is 6.14. The van der Waals surface area contributed by atoms with E-state index in [1.807, 2.05) is 14.0 Å². The van der Waals surface area contributed by atoms with Crippen LogP contribution in [-0.2, 0) is 9.53 Å². The Kier molecular flexibility index (Phi) is 3.50. The van der Waals surface area contributed by atoms with Crippen molar-refractivity contribution >= 4 is 5.91 Å². The Morgan fingerprint density at radius 3 is 2.62 bits per heavy atom. The first-order valence-electron chi connectivity index (χ1n) is 6.14. The van der Waals surface area contributed by atoms with Crippen LogP contribution in [0.25, 0.3) is 0 Å². The van der Waals surface area contributed by atoms with Gasteiger partial charge in [0.1, 0.15) is 6.10 Å². The Morgan fingerprint density at radius 2 is 2.12 bits per heavy atom. The number of aliphatic hydroxyl groups is 1. The van der Waals surface area contributed by atoms with Crippen LogP contribution < -0.4 is 0 Å². The van der Waals surface area contributed by atoms with Crippen LogP contribution in [0.2, 0.25) is 0 Å². The Balaban J connectivity index is 1.76. The van der Waals surface area contributed by atoms with Gasteiger partial charge >= 0.3 is 0 Å². The number of hydrogen-bond donors (Lipinski definition) is 1. The average molecular weight is 227 g/mol. The largest absolute Gasteiger partial charge is 0.393 e. The van der Waals surface area contributed by atoms with Gasteiger partial charge in [0.2, 0.25) is 0 Å². The third kappa shape index (κ3) is 2.55. The molecule has 0 aromatic rings. The van der Waals surface area contributed by atoms with Crippen LogP contribution in [0.15, 0.2) is 0 Å². The molecular weight excluding hydrogens is 206 g/mol. The molecule has 2 rings (SSSR count). The lowest BCUT2D eigenvalue weighted by Gasteiger charge is -2.35. The van der Waals surface area contributed by atoms with Gasteiger partial charge in [0.25, 0.3) is 5.91 Å². The summed E-state index contributed by atoms with van der Waals surface area (Å²) < 4.78 is 5.56. The van der Waals surface area contributed by atoms with Gasteiger partial charge in [-0.05, 0) is 38.5 Å². The SMILES string of the molecule is CC1CCC(C(=O)N(C)CC2CC(O)C2)O1. The summed E-state index contributed by atoms with van der Waals surface area (Å²) >= 11 is 0. The number of ether oxygens (including phenoxy) is 1. The maximum Gasteiger partial charge on any atom is 0.251 e. The maximum atomic E-state index is 12.0. The lowest BCUT2D eigenvalue weighted by molar-refractivity contribution is -0.142. The van der Waals surface area contributed by atoms with Gasteiger partial charge in [-0.25, -0.2) is 0 Å². The van der Waals surface area contributed by atoms with Crippen molar-refractivity contribution in [3.05, 3.63) is 0 Å². The predicted molar refractivity (Wildman–Crippen MR) is 59.9 cm³/mol. The van der Waals surface area contributed by atoms with E-state index in [1.54, 1.807) is 4.90 Å².